The van der Waals surface area contributed by atoms with E-state index in [1.165, 1.54) is 7.11 Å². The van der Waals surface area contributed by atoms with Crippen LogP contribution in [0.3, 0.4) is 0 Å². The molecule has 0 atom stereocenters. The lowest BCUT2D eigenvalue weighted by molar-refractivity contribution is -0.142. The summed E-state index contributed by atoms with van der Waals surface area (Å²) >= 11 is 0. The van der Waals surface area contributed by atoms with E-state index in [2.05, 4.69) is 37.3 Å². The third-order valence-corrected chi connectivity index (χ3v) is 4.05. The summed E-state index contributed by atoms with van der Waals surface area (Å²) in [6.45, 7) is 9.12. The maximum Gasteiger partial charge on any atom is 0.331 e. The van der Waals surface area contributed by atoms with Crippen LogP contribution >= 0.6 is 0 Å². The van der Waals surface area contributed by atoms with Crippen molar-refractivity contribution in [1.82, 2.24) is 4.90 Å². The molecule has 0 saturated carbocycles. The number of aliphatic hydroxyl groups is 1. The van der Waals surface area contributed by atoms with E-state index in [1.807, 2.05) is 0 Å². The fourth-order valence-electron chi connectivity index (χ4n) is 3.36. The summed E-state index contributed by atoms with van der Waals surface area (Å²) in [5.74, 6) is -1.16. The zero-order chi connectivity index (χ0) is 17.0. The van der Waals surface area contributed by atoms with E-state index >= 15 is 0 Å². The molecule has 1 aliphatic rings. The summed E-state index contributed by atoms with van der Waals surface area (Å²) in [6, 6.07) is 0. The van der Waals surface area contributed by atoms with Crippen LogP contribution in [-0.2, 0) is 19.1 Å². The number of likely N-dealkylation sites (tertiary alicyclic amines) is 1. The summed E-state index contributed by atoms with van der Waals surface area (Å²) in [5, 5.41) is 9.99. The molecule has 0 aromatic heterocycles. The third kappa shape index (κ3) is 5.10. The smallest absolute Gasteiger partial charge is 0.331 e. The number of carbonyl (C=O) groups excluding carboxylic acids is 2. The van der Waals surface area contributed by atoms with Crippen molar-refractivity contribution >= 4 is 11.9 Å². The second-order valence-electron chi connectivity index (χ2n) is 6.86. The lowest BCUT2D eigenvalue weighted by atomic mass is 9.78. The molecular formula is C16H27NO5. The van der Waals surface area contributed by atoms with Crippen molar-refractivity contribution in [2.75, 3.05) is 20.3 Å². The Morgan fingerprint density at radius 2 is 1.64 bits per heavy atom. The van der Waals surface area contributed by atoms with Gasteiger partial charge in [-0.25, -0.2) is 9.59 Å². The molecule has 0 aromatic rings. The van der Waals surface area contributed by atoms with Crippen LogP contribution in [0.15, 0.2) is 12.2 Å². The number of hydrogen-bond acceptors (Lipinski definition) is 6. The lowest BCUT2D eigenvalue weighted by Crippen LogP contribution is -2.62. The molecule has 1 rings (SSSR count). The van der Waals surface area contributed by atoms with Gasteiger partial charge in [0, 0.05) is 29.8 Å². The van der Waals surface area contributed by atoms with Gasteiger partial charge in [0.15, 0.2) is 0 Å². The van der Waals surface area contributed by atoms with Crippen molar-refractivity contribution < 1.29 is 24.2 Å². The van der Waals surface area contributed by atoms with Gasteiger partial charge in [0.1, 0.15) is 6.61 Å². The molecule has 0 spiro atoms. The molecule has 0 aromatic carbocycles. The monoisotopic (exact) mass is 313 g/mol. The molecule has 0 radical (unpaired) electrons. The minimum Gasteiger partial charge on any atom is -0.466 e. The zero-order valence-corrected chi connectivity index (χ0v) is 14.1. The van der Waals surface area contributed by atoms with Crippen LogP contribution in [0.1, 0.15) is 40.5 Å². The molecule has 1 heterocycles. The molecule has 6 nitrogen and oxygen atoms in total. The summed E-state index contributed by atoms with van der Waals surface area (Å²) in [5.41, 5.74) is -0.342. The highest BCUT2D eigenvalue weighted by Crippen LogP contribution is 2.37. The van der Waals surface area contributed by atoms with Gasteiger partial charge in [-0.15, -0.1) is 0 Å². The minimum atomic E-state index is -0.593. The van der Waals surface area contributed by atoms with Crippen molar-refractivity contribution in [1.29, 1.82) is 0 Å². The van der Waals surface area contributed by atoms with Crippen molar-refractivity contribution in [3.8, 4) is 0 Å². The van der Waals surface area contributed by atoms with Gasteiger partial charge in [-0.2, -0.15) is 0 Å². The van der Waals surface area contributed by atoms with Gasteiger partial charge in [0.2, 0.25) is 0 Å². The van der Waals surface area contributed by atoms with Gasteiger partial charge in [0.05, 0.1) is 13.2 Å². The predicted molar refractivity (Wildman–Crippen MR) is 82.2 cm³/mol. The Bertz CT molecular complexity index is 424. The van der Waals surface area contributed by atoms with Crippen LogP contribution in [0, 0.1) is 0 Å². The van der Waals surface area contributed by atoms with Crippen molar-refractivity contribution in [2.24, 2.45) is 0 Å². The largest absolute Gasteiger partial charge is 0.466 e. The molecular weight excluding hydrogens is 286 g/mol. The van der Waals surface area contributed by atoms with Gasteiger partial charge in [-0.1, -0.05) is 0 Å². The van der Waals surface area contributed by atoms with Crippen LogP contribution in [-0.4, -0.2) is 59.4 Å². The Morgan fingerprint density at radius 1 is 1.14 bits per heavy atom. The second kappa shape index (κ2) is 7.24. The lowest BCUT2D eigenvalue weighted by Gasteiger charge is -2.54. The zero-order valence-electron chi connectivity index (χ0n) is 14.1. The highest BCUT2D eigenvalue weighted by atomic mass is 16.5. The Kier molecular flexibility index (Phi) is 6.14. The molecule has 1 N–H and O–H groups in total. The number of nitrogens with zero attached hydrogens (tertiary/aromatic N) is 1. The van der Waals surface area contributed by atoms with E-state index < -0.39 is 11.9 Å². The second-order valence-corrected chi connectivity index (χ2v) is 6.86. The number of hydrogen-bond donors (Lipinski definition) is 1. The molecule has 0 bridgehead atoms. The molecule has 1 fully saturated rings. The van der Waals surface area contributed by atoms with E-state index in [4.69, 9.17) is 4.74 Å². The highest BCUT2D eigenvalue weighted by Gasteiger charge is 2.44. The molecule has 1 saturated heterocycles. The molecule has 126 valence electrons. The summed E-state index contributed by atoms with van der Waals surface area (Å²) in [4.78, 5) is 24.6. The van der Waals surface area contributed by atoms with Gasteiger partial charge in [-0.3, -0.25) is 4.90 Å². The first-order valence-electron chi connectivity index (χ1n) is 7.47. The Labute approximate surface area is 132 Å². The normalized spacial score (nSPS) is 21.7. The first-order chi connectivity index (χ1) is 10.1. The molecule has 1 aliphatic heterocycles. The van der Waals surface area contributed by atoms with Gasteiger partial charge < -0.3 is 14.6 Å². The number of aliphatic hydroxyl groups excluding tert-OH is 1. The topological polar surface area (TPSA) is 76.1 Å². The first-order valence-corrected chi connectivity index (χ1v) is 7.47. The summed E-state index contributed by atoms with van der Waals surface area (Å²) in [6.07, 6.45) is 3.15. The summed E-state index contributed by atoms with van der Waals surface area (Å²) < 4.78 is 9.51. The van der Waals surface area contributed by atoms with Crippen LogP contribution in [0.5, 0.6) is 0 Å². The molecule has 0 aliphatic carbocycles. The fraction of sp³-hybridized carbons (Fsp3) is 0.750. The Hall–Kier alpha value is -1.40. The number of rotatable bonds is 5. The molecule has 0 unspecified atom stereocenters. The maximum atomic E-state index is 11.5. The van der Waals surface area contributed by atoms with Crippen LogP contribution < -0.4 is 0 Å². The van der Waals surface area contributed by atoms with E-state index in [1.54, 1.807) is 0 Å². The van der Waals surface area contributed by atoms with Crippen LogP contribution in [0.2, 0.25) is 0 Å². The van der Waals surface area contributed by atoms with E-state index in [0.717, 1.165) is 12.2 Å². The van der Waals surface area contributed by atoms with E-state index in [9.17, 15) is 14.7 Å². The third-order valence-electron chi connectivity index (χ3n) is 4.05. The van der Waals surface area contributed by atoms with E-state index in [0.29, 0.717) is 19.4 Å². The first kappa shape index (κ1) is 18.6. The van der Waals surface area contributed by atoms with E-state index in [-0.39, 0.29) is 23.8 Å². The number of esters is 2. The molecule has 0 amide bonds. The fourth-order valence-corrected chi connectivity index (χ4v) is 3.36. The molecule has 22 heavy (non-hydrogen) atoms. The Balaban J connectivity index is 2.54. The van der Waals surface area contributed by atoms with Gasteiger partial charge in [0.25, 0.3) is 0 Å². The molecule has 6 heteroatoms. The maximum absolute atomic E-state index is 11.5. The van der Waals surface area contributed by atoms with Gasteiger partial charge >= 0.3 is 11.9 Å². The predicted octanol–water partition coefficient (Wildman–Crippen LogP) is 1.27. The highest BCUT2D eigenvalue weighted by molar-refractivity contribution is 5.91. The Morgan fingerprint density at radius 3 is 2.14 bits per heavy atom. The quantitative estimate of drug-likeness (QED) is 0.608. The SMILES string of the molecule is COC(=O)/C=C/C(=O)OCCN1C(C)(C)CC(O)CC1(C)C. The van der Waals surface area contributed by atoms with Gasteiger partial charge in [-0.05, 0) is 40.5 Å². The van der Waals surface area contributed by atoms with Crippen molar-refractivity contribution in [3.05, 3.63) is 12.2 Å². The van der Waals surface area contributed by atoms with Crippen molar-refractivity contribution in [3.63, 3.8) is 0 Å². The summed E-state index contributed by atoms with van der Waals surface area (Å²) in [7, 11) is 1.24. The number of methoxy groups -OCH3 is 1. The standard InChI is InChI=1S/C16H27NO5/c1-15(2)10-12(18)11-16(3,4)17(15)8-9-22-14(20)7-6-13(19)21-5/h6-7,12,18H,8-11H2,1-5H3/b7-6+. The number of ether oxygens (including phenoxy) is 2. The average Bonchev–Trinajstić information content (AvgIpc) is 2.37. The number of piperidine rings is 1. The number of carbonyl (C=O) groups is 2. The van der Waals surface area contributed by atoms with Crippen LogP contribution in [0.25, 0.3) is 0 Å². The van der Waals surface area contributed by atoms with Crippen LogP contribution in [0.4, 0.5) is 0 Å². The van der Waals surface area contributed by atoms with Crippen molar-refractivity contribution in [2.45, 2.75) is 57.7 Å². The average molecular weight is 313 g/mol. The minimum absolute atomic E-state index is 0.171.